The van der Waals surface area contributed by atoms with Gasteiger partial charge in [0.25, 0.3) is 0 Å². The van der Waals surface area contributed by atoms with Crippen molar-refractivity contribution in [2.24, 2.45) is 0 Å². The molecule has 94 valence electrons. The summed E-state index contributed by atoms with van der Waals surface area (Å²) in [5.41, 5.74) is 2.79. The Hall–Kier alpha value is -1.32. The first-order valence-electron chi connectivity index (χ1n) is 6.28. The van der Waals surface area contributed by atoms with E-state index in [9.17, 15) is 0 Å². The molecule has 2 heterocycles. The van der Waals surface area contributed by atoms with Crippen molar-refractivity contribution < 1.29 is 4.74 Å². The van der Waals surface area contributed by atoms with Gasteiger partial charge >= 0.3 is 0 Å². The Morgan fingerprint density at radius 3 is 2.72 bits per heavy atom. The lowest BCUT2D eigenvalue weighted by atomic mass is 10.0. The van der Waals surface area contributed by atoms with Gasteiger partial charge in [0.15, 0.2) is 0 Å². The molecule has 3 rings (SSSR count). The molecule has 1 aromatic heterocycles. The van der Waals surface area contributed by atoms with Crippen LogP contribution in [0.2, 0.25) is 0 Å². The zero-order valence-corrected chi connectivity index (χ0v) is 11.5. The molecule has 0 fully saturated rings. The maximum Gasteiger partial charge on any atom is 0.118 e. The molecule has 1 N–H and O–H groups in total. The Morgan fingerprint density at radius 2 is 2.06 bits per heavy atom. The van der Waals surface area contributed by atoms with Crippen LogP contribution in [0.15, 0.2) is 30.3 Å². The monoisotopic (exact) mass is 259 g/mol. The minimum atomic E-state index is 0.491. The third kappa shape index (κ3) is 2.04. The summed E-state index contributed by atoms with van der Waals surface area (Å²) in [5, 5.41) is 3.51. The van der Waals surface area contributed by atoms with Gasteiger partial charge < -0.3 is 10.1 Å². The van der Waals surface area contributed by atoms with Crippen molar-refractivity contribution in [2.75, 3.05) is 13.7 Å². The number of thiophene rings is 1. The second kappa shape index (κ2) is 4.75. The van der Waals surface area contributed by atoms with Gasteiger partial charge in [-0.05, 0) is 61.3 Å². The molecule has 0 radical (unpaired) electrons. The summed E-state index contributed by atoms with van der Waals surface area (Å²) in [6.07, 6.45) is 1.15. The van der Waals surface area contributed by atoms with E-state index in [4.69, 9.17) is 4.74 Å². The summed E-state index contributed by atoms with van der Waals surface area (Å²) >= 11 is 1.91. The van der Waals surface area contributed by atoms with Gasteiger partial charge in [-0.15, -0.1) is 11.3 Å². The topological polar surface area (TPSA) is 21.3 Å². The fraction of sp³-hybridized carbons (Fsp3) is 0.333. The molecular formula is C15H17NOS. The minimum absolute atomic E-state index is 0.491. The van der Waals surface area contributed by atoms with E-state index in [1.807, 2.05) is 23.5 Å². The number of benzene rings is 1. The lowest BCUT2D eigenvalue weighted by Gasteiger charge is -2.19. The summed E-state index contributed by atoms with van der Waals surface area (Å²) in [5.74, 6) is 0.912. The summed E-state index contributed by atoms with van der Waals surface area (Å²) in [7, 11) is 1.70. The summed E-state index contributed by atoms with van der Waals surface area (Å²) in [6.45, 7) is 3.33. The maximum absolute atomic E-state index is 5.20. The quantitative estimate of drug-likeness (QED) is 0.889. The molecule has 1 aliphatic rings. The minimum Gasteiger partial charge on any atom is -0.497 e. The third-order valence-corrected chi connectivity index (χ3v) is 4.86. The molecule has 1 atom stereocenters. The van der Waals surface area contributed by atoms with Crippen molar-refractivity contribution in [1.82, 2.24) is 5.32 Å². The number of fused-ring (bicyclic) bond motifs is 1. The first-order chi connectivity index (χ1) is 8.78. The van der Waals surface area contributed by atoms with E-state index < -0.39 is 0 Å². The summed E-state index contributed by atoms with van der Waals surface area (Å²) in [6, 6.07) is 11.2. The highest BCUT2D eigenvalue weighted by molar-refractivity contribution is 7.15. The summed E-state index contributed by atoms with van der Waals surface area (Å²) < 4.78 is 5.20. The van der Waals surface area contributed by atoms with Crippen LogP contribution in [0.1, 0.15) is 23.4 Å². The van der Waals surface area contributed by atoms with Gasteiger partial charge in [-0.2, -0.15) is 0 Å². The van der Waals surface area contributed by atoms with E-state index in [1.54, 1.807) is 7.11 Å². The molecule has 18 heavy (non-hydrogen) atoms. The second-order valence-electron chi connectivity index (χ2n) is 4.65. The van der Waals surface area contributed by atoms with Crippen LogP contribution in [0.25, 0.3) is 10.4 Å². The van der Waals surface area contributed by atoms with Gasteiger partial charge in [0.05, 0.1) is 7.11 Å². The van der Waals surface area contributed by atoms with E-state index in [-0.39, 0.29) is 0 Å². The Morgan fingerprint density at radius 1 is 1.28 bits per heavy atom. The second-order valence-corrected chi connectivity index (χ2v) is 5.74. The highest BCUT2D eigenvalue weighted by Crippen LogP contribution is 2.37. The van der Waals surface area contributed by atoms with Gasteiger partial charge in [-0.1, -0.05) is 0 Å². The molecule has 0 bridgehead atoms. The van der Waals surface area contributed by atoms with Crippen molar-refractivity contribution >= 4 is 11.3 Å². The number of rotatable bonds is 2. The molecule has 2 aromatic rings. The zero-order valence-electron chi connectivity index (χ0n) is 10.7. The van der Waals surface area contributed by atoms with E-state index in [2.05, 4.69) is 30.4 Å². The smallest absolute Gasteiger partial charge is 0.118 e. The largest absolute Gasteiger partial charge is 0.497 e. The highest BCUT2D eigenvalue weighted by Gasteiger charge is 2.19. The number of ether oxygens (including phenoxy) is 1. The van der Waals surface area contributed by atoms with Crippen LogP contribution in [0.5, 0.6) is 5.75 Å². The van der Waals surface area contributed by atoms with E-state index >= 15 is 0 Å². The third-order valence-electron chi connectivity index (χ3n) is 3.45. The maximum atomic E-state index is 5.20. The molecule has 0 aliphatic carbocycles. The molecule has 0 saturated carbocycles. The van der Waals surface area contributed by atoms with Crippen LogP contribution in [0, 0.1) is 0 Å². The van der Waals surface area contributed by atoms with Gasteiger partial charge in [-0.3, -0.25) is 0 Å². The van der Waals surface area contributed by atoms with Crippen molar-refractivity contribution in [2.45, 2.75) is 19.4 Å². The molecule has 1 unspecified atom stereocenters. The predicted molar refractivity (Wildman–Crippen MR) is 76.4 cm³/mol. The van der Waals surface area contributed by atoms with Crippen LogP contribution in [-0.4, -0.2) is 13.7 Å². The zero-order chi connectivity index (χ0) is 12.5. The molecular weight excluding hydrogens is 242 g/mol. The van der Waals surface area contributed by atoms with Crippen molar-refractivity contribution in [1.29, 1.82) is 0 Å². The lowest BCUT2D eigenvalue weighted by molar-refractivity contribution is 0.415. The average molecular weight is 259 g/mol. The van der Waals surface area contributed by atoms with Crippen LogP contribution in [0.4, 0.5) is 0 Å². The van der Waals surface area contributed by atoms with Crippen LogP contribution in [-0.2, 0) is 6.42 Å². The van der Waals surface area contributed by atoms with Crippen LogP contribution >= 0.6 is 11.3 Å². The van der Waals surface area contributed by atoms with Gasteiger partial charge in [0.2, 0.25) is 0 Å². The van der Waals surface area contributed by atoms with Crippen molar-refractivity contribution in [3.8, 4) is 16.2 Å². The van der Waals surface area contributed by atoms with Crippen LogP contribution < -0.4 is 10.1 Å². The molecule has 0 saturated heterocycles. The fourth-order valence-corrected chi connectivity index (χ4v) is 3.66. The number of methoxy groups -OCH3 is 1. The SMILES string of the molecule is COc1ccc(-c2cc3c(s2)C(C)NCC3)cc1. The van der Waals surface area contributed by atoms with Gasteiger partial charge in [0, 0.05) is 15.8 Å². The fourth-order valence-electron chi connectivity index (χ4n) is 2.42. The molecule has 1 aliphatic heterocycles. The normalized spacial score (nSPS) is 18.4. The lowest BCUT2D eigenvalue weighted by Crippen LogP contribution is -2.26. The van der Waals surface area contributed by atoms with E-state index in [0.29, 0.717) is 6.04 Å². The average Bonchev–Trinajstić information content (AvgIpc) is 2.84. The number of nitrogens with one attached hydrogen (secondary N) is 1. The molecule has 0 spiro atoms. The predicted octanol–water partition coefficient (Wildman–Crippen LogP) is 3.63. The molecule has 3 heteroatoms. The standard InChI is InChI=1S/C15H17NOS/c1-10-15-12(7-8-16-10)9-14(18-15)11-3-5-13(17-2)6-4-11/h3-6,9-10,16H,7-8H2,1-2H3. The Labute approximate surface area is 112 Å². The molecule has 1 aromatic carbocycles. The van der Waals surface area contributed by atoms with Gasteiger partial charge in [-0.25, -0.2) is 0 Å². The Bertz CT molecular complexity index is 544. The molecule has 0 amide bonds. The molecule has 2 nitrogen and oxygen atoms in total. The number of hydrogen-bond donors (Lipinski definition) is 1. The highest BCUT2D eigenvalue weighted by atomic mass is 32.1. The Balaban J connectivity index is 1.96. The van der Waals surface area contributed by atoms with E-state index in [1.165, 1.54) is 20.9 Å². The van der Waals surface area contributed by atoms with Crippen molar-refractivity contribution in [3.05, 3.63) is 40.8 Å². The van der Waals surface area contributed by atoms with Crippen molar-refractivity contribution in [3.63, 3.8) is 0 Å². The first-order valence-corrected chi connectivity index (χ1v) is 7.10. The first kappa shape index (κ1) is 11.8. The summed E-state index contributed by atoms with van der Waals surface area (Å²) in [4.78, 5) is 2.85. The number of hydrogen-bond acceptors (Lipinski definition) is 3. The van der Waals surface area contributed by atoms with Crippen LogP contribution in [0.3, 0.4) is 0 Å². The Kier molecular flexibility index (Phi) is 3.10. The van der Waals surface area contributed by atoms with Gasteiger partial charge in [0.1, 0.15) is 5.75 Å². The van der Waals surface area contributed by atoms with E-state index in [0.717, 1.165) is 18.7 Å².